The van der Waals surface area contributed by atoms with Crippen LogP contribution in [-0.4, -0.2) is 15.0 Å². The lowest BCUT2D eigenvalue weighted by Gasteiger charge is -1.98. The molecule has 0 saturated heterocycles. The molecule has 78 valence electrons. The fraction of sp³-hybridized carbons (Fsp3) is 0.444. The van der Waals surface area contributed by atoms with Crippen molar-refractivity contribution in [1.29, 1.82) is 0 Å². The maximum Gasteiger partial charge on any atom is 0.513 e. The highest BCUT2D eigenvalue weighted by atomic mass is 32.2. The molecule has 14 heavy (non-hydrogen) atoms. The number of pyridine rings is 1. The zero-order valence-corrected chi connectivity index (χ0v) is 8.90. The van der Waals surface area contributed by atoms with Crippen molar-refractivity contribution < 1.29 is 16.6 Å². The SMILES string of the molecule is CCCCOS(=O)(=O)[n+]1ccccc1. The summed E-state index contributed by atoms with van der Waals surface area (Å²) < 4.78 is 28.7. The molecule has 0 N–H and O–H groups in total. The maximum atomic E-state index is 11.4. The van der Waals surface area contributed by atoms with Crippen LogP contribution < -0.4 is 3.97 Å². The monoisotopic (exact) mass is 216 g/mol. The van der Waals surface area contributed by atoms with Gasteiger partial charge in [-0.05, 0) is 6.42 Å². The van der Waals surface area contributed by atoms with Crippen LogP contribution in [0.1, 0.15) is 19.8 Å². The lowest BCUT2D eigenvalue weighted by atomic mass is 10.4. The first-order valence-electron chi connectivity index (χ1n) is 4.53. The molecule has 1 aromatic heterocycles. The van der Waals surface area contributed by atoms with E-state index in [9.17, 15) is 8.42 Å². The van der Waals surface area contributed by atoms with Gasteiger partial charge >= 0.3 is 10.3 Å². The molecule has 4 nitrogen and oxygen atoms in total. The summed E-state index contributed by atoms with van der Waals surface area (Å²) in [5.74, 6) is 0. The van der Waals surface area contributed by atoms with Crippen molar-refractivity contribution in [1.82, 2.24) is 0 Å². The molecule has 0 spiro atoms. The van der Waals surface area contributed by atoms with E-state index in [1.54, 1.807) is 18.2 Å². The van der Waals surface area contributed by atoms with Crippen LogP contribution >= 0.6 is 0 Å². The van der Waals surface area contributed by atoms with E-state index >= 15 is 0 Å². The summed E-state index contributed by atoms with van der Waals surface area (Å²) in [6.45, 7) is 2.21. The van der Waals surface area contributed by atoms with Gasteiger partial charge in [0.15, 0.2) is 12.4 Å². The topological polar surface area (TPSA) is 47.3 Å². The van der Waals surface area contributed by atoms with Crippen LogP contribution in [0.25, 0.3) is 0 Å². The Bertz CT molecular complexity index is 361. The molecule has 0 saturated carbocycles. The second-order valence-corrected chi connectivity index (χ2v) is 4.35. The third-order valence-electron chi connectivity index (χ3n) is 1.68. The smallest absolute Gasteiger partial charge is 0.218 e. The number of aromatic nitrogens is 1. The number of nitrogens with zero attached hydrogens (tertiary/aromatic N) is 1. The summed E-state index contributed by atoms with van der Waals surface area (Å²) in [7, 11) is -3.62. The van der Waals surface area contributed by atoms with E-state index in [1.807, 2.05) is 6.92 Å². The standard InChI is InChI=1S/C9H14NO3S/c1-2-3-9-13-14(11,12)10-7-5-4-6-8-10/h4-8H,2-3,9H2,1H3/q+1. The van der Waals surface area contributed by atoms with E-state index < -0.39 is 10.3 Å². The van der Waals surface area contributed by atoms with Crippen molar-refractivity contribution in [3.05, 3.63) is 30.6 Å². The minimum absolute atomic E-state index is 0.237. The van der Waals surface area contributed by atoms with Gasteiger partial charge in [0.2, 0.25) is 0 Å². The predicted molar refractivity (Wildman–Crippen MR) is 51.8 cm³/mol. The summed E-state index contributed by atoms with van der Waals surface area (Å²) >= 11 is 0. The summed E-state index contributed by atoms with van der Waals surface area (Å²) in [4.78, 5) is 0. The molecule has 1 heterocycles. The van der Waals surface area contributed by atoms with Crippen LogP contribution in [0.4, 0.5) is 0 Å². The molecule has 0 radical (unpaired) electrons. The van der Waals surface area contributed by atoms with Crippen LogP contribution in [-0.2, 0) is 14.5 Å². The molecule has 0 amide bonds. The first kappa shape index (κ1) is 11.1. The van der Waals surface area contributed by atoms with Gasteiger partial charge in [0.1, 0.15) is 0 Å². The summed E-state index contributed by atoms with van der Waals surface area (Å²) in [6.07, 6.45) is 4.55. The van der Waals surface area contributed by atoms with Crippen molar-refractivity contribution in [3.63, 3.8) is 0 Å². The van der Waals surface area contributed by atoms with E-state index in [4.69, 9.17) is 4.18 Å². The van der Waals surface area contributed by atoms with Crippen LogP contribution in [0.5, 0.6) is 0 Å². The van der Waals surface area contributed by atoms with Gasteiger partial charge in [0.25, 0.3) is 0 Å². The van der Waals surface area contributed by atoms with Crippen LogP contribution in [0.3, 0.4) is 0 Å². The average Bonchev–Trinajstić information content (AvgIpc) is 2.19. The summed E-state index contributed by atoms with van der Waals surface area (Å²) in [6, 6.07) is 5.03. The number of hydrogen-bond acceptors (Lipinski definition) is 3. The van der Waals surface area contributed by atoms with Gasteiger partial charge in [-0.3, -0.25) is 0 Å². The largest absolute Gasteiger partial charge is 0.513 e. The van der Waals surface area contributed by atoms with Crippen molar-refractivity contribution in [2.75, 3.05) is 6.61 Å². The minimum atomic E-state index is -3.62. The minimum Gasteiger partial charge on any atom is -0.218 e. The quantitative estimate of drug-likeness (QED) is 0.542. The highest BCUT2D eigenvalue weighted by Gasteiger charge is 2.21. The molecule has 0 aromatic carbocycles. The van der Waals surface area contributed by atoms with Gasteiger partial charge in [-0.1, -0.05) is 23.4 Å². The molecule has 0 aliphatic heterocycles. The first-order chi connectivity index (χ1) is 6.67. The molecular formula is C9H14NO3S+. The van der Waals surface area contributed by atoms with E-state index in [1.165, 1.54) is 12.4 Å². The summed E-state index contributed by atoms with van der Waals surface area (Å²) in [5, 5.41) is 0. The summed E-state index contributed by atoms with van der Waals surface area (Å²) in [5.41, 5.74) is 0. The Morgan fingerprint density at radius 3 is 2.43 bits per heavy atom. The molecular weight excluding hydrogens is 202 g/mol. The van der Waals surface area contributed by atoms with E-state index in [0.29, 0.717) is 0 Å². The fourth-order valence-electron chi connectivity index (χ4n) is 0.901. The lowest BCUT2D eigenvalue weighted by molar-refractivity contribution is -0.520. The first-order valence-corrected chi connectivity index (χ1v) is 5.89. The molecule has 0 bridgehead atoms. The second kappa shape index (κ2) is 5.07. The van der Waals surface area contributed by atoms with Crippen molar-refractivity contribution in [2.24, 2.45) is 0 Å². The van der Waals surface area contributed by atoms with E-state index in [2.05, 4.69) is 0 Å². The molecule has 5 heteroatoms. The van der Waals surface area contributed by atoms with E-state index in [0.717, 1.165) is 16.8 Å². The zero-order chi connectivity index (χ0) is 10.4. The van der Waals surface area contributed by atoms with Crippen LogP contribution in [0.15, 0.2) is 30.6 Å². The van der Waals surface area contributed by atoms with Gasteiger partial charge in [-0.25, -0.2) is 4.18 Å². The highest BCUT2D eigenvalue weighted by Crippen LogP contribution is 1.93. The van der Waals surface area contributed by atoms with Gasteiger partial charge < -0.3 is 0 Å². The normalized spacial score (nSPS) is 11.5. The Hall–Kier alpha value is -0.940. The molecule has 0 aliphatic carbocycles. The Kier molecular flexibility index (Phi) is 4.03. The third kappa shape index (κ3) is 3.08. The lowest BCUT2D eigenvalue weighted by Crippen LogP contribution is -2.43. The van der Waals surface area contributed by atoms with Crippen LogP contribution in [0.2, 0.25) is 0 Å². The maximum absolute atomic E-state index is 11.4. The number of unbranched alkanes of at least 4 members (excludes halogenated alkanes) is 1. The second-order valence-electron chi connectivity index (χ2n) is 2.84. The van der Waals surface area contributed by atoms with Crippen molar-refractivity contribution in [3.8, 4) is 0 Å². The molecule has 0 atom stereocenters. The van der Waals surface area contributed by atoms with Gasteiger partial charge in [-0.2, -0.15) is 0 Å². The molecule has 0 aliphatic rings. The van der Waals surface area contributed by atoms with Crippen molar-refractivity contribution in [2.45, 2.75) is 19.8 Å². The van der Waals surface area contributed by atoms with Gasteiger partial charge in [0.05, 0.1) is 6.61 Å². The Morgan fingerprint density at radius 2 is 1.86 bits per heavy atom. The molecule has 1 rings (SSSR count). The highest BCUT2D eigenvalue weighted by molar-refractivity contribution is 7.80. The number of rotatable bonds is 5. The van der Waals surface area contributed by atoms with Crippen LogP contribution in [0, 0.1) is 0 Å². The Balaban J connectivity index is 2.67. The molecule has 0 fully saturated rings. The average molecular weight is 216 g/mol. The van der Waals surface area contributed by atoms with Gasteiger partial charge in [-0.15, -0.1) is 8.42 Å². The number of hydrogen-bond donors (Lipinski definition) is 0. The predicted octanol–water partition coefficient (Wildman–Crippen LogP) is 0.884. The molecule has 0 unspecified atom stereocenters. The Labute approximate surface area is 84.4 Å². The van der Waals surface area contributed by atoms with E-state index in [-0.39, 0.29) is 6.61 Å². The fourth-order valence-corrected chi connectivity index (χ4v) is 1.79. The van der Waals surface area contributed by atoms with Gasteiger partial charge in [0, 0.05) is 12.1 Å². The third-order valence-corrected chi connectivity index (χ3v) is 2.90. The zero-order valence-electron chi connectivity index (χ0n) is 8.09. The molecule has 1 aromatic rings. The Morgan fingerprint density at radius 1 is 1.21 bits per heavy atom. The van der Waals surface area contributed by atoms with Crippen molar-refractivity contribution >= 4 is 10.3 Å².